The highest BCUT2D eigenvalue weighted by Gasteiger charge is 2.49. The first-order chi connectivity index (χ1) is 5.10. The highest BCUT2D eigenvalue weighted by atomic mass is 35.5. The first kappa shape index (κ1) is 8.88. The number of carbonyl (C=O) groups excluding carboxylic acids is 1. The second kappa shape index (κ2) is 3.03. The average Bonchev–Trinajstić information content (AvgIpc) is 2.67. The number of methoxy groups -OCH3 is 1. The molecular weight excluding hydrogens is 187 g/mol. The van der Waals surface area contributed by atoms with Crippen LogP contribution in [0.25, 0.3) is 0 Å². The summed E-state index contributed by atoms with van der Waals surface area (Å²) in [6, 6.07) is 0. The number of hydrogen-bond donors (Lipinski definition) is 0. The lowest BCUT2D eigenvalue weighted by Crippen LogP contribution is -2.14. The van der Waals surface area contributed by atoms with Gasteiger partial charge in [0.2, 0.25) is 0 Å². The molecule has 0 aliphatic heterocycles. The SMILES string of the molecule is COC(=O)C1(C=C(Cl)Cl)CC1. The Kier molecular flexibility index (Phi) is 2.45. The fourth-order valence-electron chi connectivity index (χ4n) is 0.954. The van der Waals surface area contributed by atoms with E-state index >= 15 is 0 Å². The fourth-order valence-corrected chi connectivity index (χ4v) is 1.37. The van der Waals surface area contributed by atoms with Crippen LogP contribution in [0.1, 0.15) is 12.8 Å². The lowest BCUT2D eigenvalue weighted by atomic mass is 10.1. The van der Waals surface area contributed by atoms with Gasteiger partial charge in [0.15, 0.2) is 0 Å². The van der Waals surface area contributed by atoms with Gasteiger partial charge in [-0.25, -0.2) is 0 Å². The number of ether oxygens (including phenoxy) is 1. The maximum atomic E-state index is 11.0. The van der Waals surface area contributed by atoms with Crippen LogP contribution in [0.4, 0.5) is 0 Å². The van der Waals surface area contributed by atoms with Gasteiger partial charge in [-0.3, -0.25) is 4.79 Å². The second-order valence-corrected chi connectivity index (χ2v) is 3.59. The van der Waals surface area contributed by atoms with Gasteiger partial charge in [-0.05, 0) is 18.9 Å². The lowest BCUT2D eigenvalue weighted by Gasteiger charge is -2.05. The number of esters is 1. The Morgan fingerprint density at radius 3 is 2.36 bits per heavy atom. The third kappa shape index (κ3) is 1.88. The van der Waals surface area contributed by atoms with Crippen LogP contribution in [0.5, 0.6) is 0 Å². The molecule has 0 amide bonds. The summed E-state index contributed by atoms with van der Waals surface area (Å²) >= 11 is 10.8. The summed E-state index contributed by atoms with van der Waals surface area (Å²) in [4.78, 5) is 11.0. The zero-order chi connectivity index (χ0) is 8.48. The molecule has 2 nitrogen and oxygen atoms in total. The molecule has 1 fully saturated rings. The molecule has 1 aliphatic carbocycles. The van der Waals surface area contributed by atoms with Crippen LogP contribution < -0.4 is 0 Å². The zero-order valence-electron chi connectivity index (χ0n) is 6.06. The molecule has 1 rings (SSSR count). The van der Waals surface area contributed by atoms with Gasteiger partial charge in [0, 0.05) is 0 Å². The molecule has 11 heavy (non-hydrogen) atoms. The minimum Gasteiger partial charge on any atom is -0.468 e. The van der Waals surface area contributed by atoms with E-state index in [2.05, 4.69) is 4.74 Å². The van der Waals surface area contributed by atoms with Crippen molar-refractivity contribution in [3.63, 3.8) is 0 Å². The van der Waals surface area contributed by atoms with E-state index in [9.17, 15) is 4.79 Å². The van der Waals surface area contributed by atoms with Gasteiger partial charge in [-0.1, -0.05) is 23.2 Å². The van der Waals surface area contributed by atoms with Crippen molar-refractivity contribution in [2.75, 3.05) is 7.11 Å². The number of carbonyl (C=O) groups is 1. The predicted molar refractivity (Wildman–Crippen MR) is 43.5 cm³/mol. The zero-order valence-corrected chi connectivity index (χ0v) is 7.58. The second-order valence-electron chi connectivity index (χ2n) is 2.58. The van der Waals surface area contributed by atoms with Crippen molar-refractivity contribution in [1.82, 2.24) is 0 Å². The highest BCUT2D eigenvalue weighted by molar-refractivity contribution is 6.56. The summed E-state index contributed by atoms with van der Waals surface area (Å²) in [5.41, 5.74) is -0.506. The minimum atomic E-state index is -0.506. The van der Waals surface area contributed by atoms with Gasteiger partial charge in [0.1, 0.15) is 4.49 Å². The van der Waals surface area contributed by atoms with Crippen LogP contribution in [-0.4, -0.2) is 13.1 Å². The van der Waals surface area contributed by atoms with Gasteiger partial charge in [0.25, 0.3) is 0 Å². The van der Waals surface area contributed by atoms with E-state index in [1.165, 1.54) is 7.11 Å². The van der Waals surface area contributed by atoms with Gasteiger partial charge in [0.05, 0.1) is 12.5 Å². The summed E-state index contributed by atoms with van der Waals surface area (Å²) in [5.74, 6) is -0.253. The Bertz CT molecular complexity index is 202. The Hall–Kier alpha value is -0.210. The van der Waals surface area contributed by atoms with E-state index in [4.69, 9.17) is 23.2 Å². The van der Waals surface area contributed by atoms with Crippen LogP contribution in [0.15, 0.2) is 10.6 Å². The van der Waals surface area contributed by atoms with E-state index in [1.54, 1.807) is 6.08 Å². The largest absolute Gasteiger partial charge is 0.468 e. The Balaban J connectivity index is 2.68. The topological polar surface area (TPSA) is 26.3 Å². The minimum absolute atomic E-state index is 0.132. The molecule has 62 valence electrons. The van der Waals surface area contributed by atoms with Crippen LogP contribution >= 0.6 is 23.2 Å². The molecule has 0 heterocycles. The fraction of sp³-hybridized carbons (Fsp3) is 0.571. The van der Waals surface area contributed by atoms with Crippen molar-refractivity contribution in [3.05, 3.63) is 10.6 Å². The molecule has 0 radical (unpaired) electrons. The lowest BCUT2D eigenvalue weighted by molar-refractivity contribution is -0.145. The first-order valence-electron chi connectivity index (χ1n) is 3.23. The van der Waals surface area contributed by atoms with Crippen LogP contribution in [0, 0.1) is 5.41 Å². The van der Waals surface area contributed by atoms with Crippen molar-refractivity contribution >= 4 is 29.2 Å². The average molecular weight is 195 g/mol. The van der Waals surface area contributed by atoms with E-state index in [0.29, 0.717) is 0 Å². The highest BCUT2D eigenvalue weighted by Crippen LogP contribution is 2.49. The Labute approximate surface area is 75.1 Å². The molecule has 0 aromatic heterocycles. The number of rotatable bonds is 2. The van der Waals surface area contributed by atoms with E-state index in [0.717, 1.165) is 12.8 Å². The van der Waals surface area contributed by atoms with Crippen molar-refractivity contribution in [3.8, 4) is 0 Å². The molecule has 1 aliphatic rings. The molecule has 0 bridgehead atoms. The molecule has 4 heteroatoms. The molecule has 0 aromatic carbocycles. The quantitative estimate of drug-likeness (QED) is 0.631. The standard InChI is InChI=1S/C7H8Cl2O2/c1-11-6(10)7(2-3-7)4-5(8)9/h4H,2-3H2,1H3. The third-order valence-electron chi connectivity index (χ3n) is 1.77. The predicted octanol–water partition coefficient (Wildman–Crippen LogP) is 2.26. The Morgan fingerprint density at radius 2 is 2.09 bits per heavy atom. The summed E-state index contributed by atoms with van der Waals surface area (Å²) in [5, 5.41) is 0. The number of halogens is 2. The van der Waals surface area contributed by atoms with E-state index in [-0.39, 0.29) is 10.5 Å². The van der Waals surface area contributed by atoms with Gasteiger partial charge >= 0.3 is 5.97 Å². The first-order valence-corrected chi connectivity index (χ1v) is 3.98. The summed E-state index contributed by atoms with van der Waals surface area (Å²) < 4.78 is 4.71. The summed E-state index contributed by atoms with van der Waals surface area (Å²) in [7, 11) is 1.36. The molecule has 0 aromatic rings. The molecule has 0 saturated heterocycles. The van der Waals surface area contributed by atoms with Crippen molar-refractivity contribution in [1.29, 1.82) is 0 Å². The van der Waals surface area contributed by atoms with Crippen LogP contribution in [-0.2, 0) is 9.53 Å². The molecule has 0 atom stereocenters. The van der Waals surface area contributed by atoms with Gasteiger partial charge in [-0.15, -0.1) is 0 Å². The summed E-state index contributed by atoms with van der Waals surface area (Å²) in [6.07, 6.45) is 3.10. The molecule has 1 saturated carbocycles. The molecule has 0 unspecified atom stereocenters. The van der Waals surface area contributed by atoms with Crippen LogP contribution in [0.3, 0.4) is 0 Å². The van der Waals surface area contributed by atoms with Gasteiger partial charge < -0.3 is 4.74 Å². The smallest absolute Gasteiger partial charge is 0.315 e. The normalized spacial score (nSPS) is 18.8. The van der Waals surface area contributed by atoms with E-state index < -0.39 is 5.41 Å². The van der Waals surface area contributed by atoms with Crippen LogP contribution in [0.2, 0.25) is 0 Å². The van der Waals surface area contributed by atoms with E-state index in [1.807, 2.05) is 0 Å². The van der Waals surface area contributed by atoms with Crippen molar-refractivity contribution in [2.24, 2.45) is 5.41 Å². The maximum Gasteiger partial charge on any atom is 0.315 e. The molecule has 0 N–H and O–H groups in total. The molecule has 0 spiro atoms. The number of hydrogen-bond acceptors (Lipinski definition) is 2. The Morgan fingerprint density at radius 1 is 1.55 bits per heavy atom. The molecular formula is C7H8Cl2O2. The third-order valence-corrected chi connectivity index (χ3v) is 1.98. The monoisotopic (exact) mass is 194 g/mol. The maximum absolute atomic E-state index is 11.0. The summed E-state index contributed by atoms with van der Waals surface area (Å²) in [6.45, 7) is 0. The van der Waals surface area contributed by atoms with Crippen molar-refractivity contribution < 1.29 is 9.53 Å². The van der Waals surface area contributed by atoms with Crippen molar-refractivity contribution in [2.45, 2.75) is 12.8 Å². The van der Waals surface area contributed by atoms with Gasteiger partial charge in [-0.2, -0.15) is 0 Å².